The summed E-state index contributed by atoms with van der Waals surface area (Å²) >= 11 is 13.6. The van der Waals surface area contributed by atoms with E-state index in [9.17, 15) is 4.79 Å². The second-order valence-electron chi connectivity index (χ2n) is 5.44. The van der Waals surface area contributed by atoms with Crippen molar-refractivity contribution in [3.63, 3.8) is 0 Å². The molecule has 2 heterocycles. The Bertz CT molecular complexity index is 820. The largest absolute Gasteiger partial charge is 0.472 e. The summed E-state index contributed by atoms with van der Waals surface area (Å²) < 4.78 is 5.10. The summed E-state index contributed by atoms with van der Waals surface area (Å²) in [6.07, 6.45) is 4.04. The molecule has 4 nitrogen and oxygen atoms in total. The van der Waals surface area contributed by atoms with Gasteiger partial charge in [0.2, 0.25) is 0 Å². The second-order valence-corrected chi connectivity index (χ2v) is 7.29. The Morgan fingerprint density at radius 2 is 2.08 bits per heavy atom. The van der Waals surface area contributed by atoms with Crippen LogP contribution in [0.15, 0.2) is 58.7 Å². The molecule has 0 bridgehead atoms. The molecule has 0 fully saturated rings. The zero-order chi connectivity index (χ0) is 17.6. The van der Waals surface area contributed by atoms with E-state index in [2.05, 4.69) is 11.4 Å². The quantitative estimate of drug-likeness (QED) is 0.563. The first-order valence-corrected chi connectivity index (χ1v) is 9.30. The van der Waals surface area contributed by atoms with Gasteiger partial charge in [-0.3, -0.25) is 0 Å². The van der Waals surface area contributed by atoms with Crippen LogP contribution in [0.5, 0.6) is 0 Å². The van der Waals surface area contributed by atoms with Crippen LogP contribution < -0.4 is 5.32 Å². The molecular formula is C18H16Cl2N2O2S. The lowest BCUT2D eigenvalue weighted by Crippen LogP contribution is -2.35. The lowest BCUT2D eigenvalue weighted by Gasteiger charge is -2.22. The molecule has 7 heteroatoms. The maximum atomic E-state index is 12.7. The first-order valence-electron chi connectivity index (χ1n) is 7.66. The van der Waals surface area contributed by atoms with Crippen molar-refractivity contribution in [1.29, 1.82) is 0 Å². The fourth-order valence-corrected chi connectivity index (χ4v) is 3.33. The van der Waals surface area contributed by atoms with Gasteiger partial charge in [-0.25, -0.2) is 4.79 Å². The minimum Gasteiger partial charge on any atom is -0.472 e. The van der Waals surface area contributed by atoms with Gasteiger partial charge in [-0.1, -0.05) is 29.3 Å². The molecule has 1 N–H and O–H groups in total. The normalized spacial score (nSPS) is 10.6. The number of halogens is 2. The second kappa shape index (κ2) is 8.43. The third-order valence-corrected chi connectivity index (χ3v) is 5.30. The van der Waals surface area contributed by atoms with Crippen molar-refractivity contribution >= 4 is 46.3 Å². The third-order valence-electron chi connectivity index (χ3n) is 3.62. The van der Waals surface area contributed by atoms with Gasteiger partial charge >= 0.3 is 6.03 Å². The number of anilines is 1. The van der Waals surface area contributed by atoms with Gasteiger partial charge in [-0.2, -0.15) is 0 Å². The van der Waals surface area contributed by atoms with Crippen LogP contribution in [-0.2, 0) is 13.0 Å². The molecule has 0 unspecified atom stereocenters. The predicted molar refractivity (Wildman–Crippen MR) is 103 cm³/mol. The Balaban J connectivity index is 1.69. The zero-order valence-corrected chi connectivity index (χ0v) is 15.6. The van der Waals surface area contributed by atoms with Crippen LogP contribution in [0.1, 0.15) is 10.4 Å². The number of carbonyl (C=O) groups excluding carboxylic acids is 1. The molecule has 0 aliphatic rings. The standard InChI is InChI=1S/C18H16Cl2N2O2S/c19-16-4-3-14(10-17(16)20)21-18(23)22(11-13-6-8-24-12-13)7-5-15-2-1-9-25-15/h1-4,6,8-10,12H,5,7,11H2,(H,21,23). The molecule has 2 aromatic heterocycles. The van der Waals surface area contributed by atoms with E-state index < -0.39 is 0 Å². The average Bonchev–Trinajstić information content (AvgIpc) is 3.28. The van der Waals surface area contributed by atoms with Gasteiger partial charge in [0.25, 0.3) is 0 Å². The first kappa shape index (κ1) is 17.9. The number of nitrogens with one attached hydrogen (secondary N) is 1. The van der Waals surface area contributed by atoms with E-state index in [0.717, 1.165) is 12.0 Å². The fourth-order valence-electron chi connectivity index (χ4n) is 2.33. The fraction of sp³-hybridized carbons (Fsp3) is 0.167. The van der Waals surface area contributed by atoms with Crippen LogP contribution in [0.4, 0.5) is 10.5 Å². The molecule has 0 aliphatic carbocycles. The lowest BCUT2D eigenvalue weighted by atomic mass is 10.2. The van der Waals surface area contributed by atoms with E-state index in [1.165, 1.54) is 4.88 Å². The topological polar surface area (TPSA) is 45.5 Å². The Kier molecular flexibility index (Phi) is 6.02. The Labute approximate surface area is 160 Å². The van der Waals surface area contributed by atoms with Crippen LogP contribution in [0.25, 0.3) is 0 Å². The van der Waals surface area contributed by atoms with Crippen molar-refractivity contribution in [2.75, 3.05) is 11.9 Å². The van der Waals surface area contributed by atoms with Crippen LogP contribution in [0, 0.1) is 0 Å². The maximum absolute atomic E-state index is 12.7. The molecule has 0 radical (unpaired) electrons. The van der Waals surface area contributed by atoms with Crippen molar-refractivity contribution in [3.05, 3.63) is 74.8 Å². The highest BCUT2D eigenvalue weighted by Crippen LogP contribution is 2.25. The van der Waals surface area contributed by atoms with Crippen molar-refractivity contribution in [2.45, 2.75) is 13.0 Å². The van der Waals surface area contributed by atoms with Gasteiger partial charge in [0, 0.05) is 22.7 Å². The molecule has 0 spiro atoms. The predicted octanol–water partition coefficient (Wildman–Crippen LogP) is 5.92. The molecule has 0 atom stereocenters. The van der Waals surface area contributed by atoms with Gasteiger partial charge < -0.3 is 14.6 Å². The summed E-state index contributed by atoms with van der Waals surface area (Å²) in [5.41, 5.74) is 1.54. The first-order chi connectivity index (χ1) is 12.1. The van der Waals surface area contributed by atoms with Crippen molar-refractivity contribution in [2.24, 2.45) is 0 Å². The van der Waals surface area contributed by atoms with Gasteiger partial charge in [0.1, 0.15) is 0 Å². The van der Waals surface area contributed by atoms with Gasteiger partial charge in [0.05, 0.1) is 29.1 Å². The minimum atomic E-state index is -0.198. The number of rotatable bonds is 6. The SMILES string of the molecule is O=C(Nc1ccc(Cl)c(Cl)c1)N(CCc1cccs1)Cc1ccoc1. The van der Waals surface area contributed by atoms with E-state index in [1.807, 2.05) is 17.5 Å². The summed E-state index contributed by atoms with van der Waals surface area (Å²) in [7, 11) is 0. The summed E-state index contributed by atoms with van der Waals surface area (Å²) in [4.78, 5) is 15.7. The van der Waals surface area contributed by atoms with Crippen molar-refractivity contribution in [3.8, 4) is 0 Å². The van der Waals surface area contributed by atoms with Gasteiger partial charge in [-0.15, -0.1) is 11.3 Å². The van der Waals surface area contributed by atoms with Gasteiger partial charge in [0.15, 0.2) is 0 Å². The number of hydrogen-bond acceptors (Lipinski definition) is 3. The highest BCUT2D eigenvalue weighted by molar-refractivity contribution is 7.09. The number of carbonyl (C=O) groups is 1. The van der Waals surface area contributed by atoms with Crippen molar-refractivity contribution in [1.82, 2.24) is 4.90 Å². The average molecular weight is 395 g/mol. The Morgan fingerprint density at radius 3 is 2.76 bits per heavy atom. The van der Waals surface area contributed by atoms with Crippen LogP contribution in [0.2, 0.25) is 10.0 Å². The van der Waals surface area contributed by atoms with E-state index in [-0.39, 0.29) is 6.03 Å². The van der Waals surface area contributed by atoms with E-state index >= 15 is 0 Å². The third kappa shape index (κ3) is 5.01. The molecule has 3 rings (SSSR count). The van der Waals surface area contributed by atoms with Crippen molar-refractivity contribution < 1.29 is 9.21 Å². The van der Waals surface area contributed by atoms with E-state index in [1.54, 1.807) is 47.0 Å². The summed E-state index contributed by atoms with van der Waals surface area (Å²) in [6, 6.07) is 10.7. The minimum absolute atomic E-state index is 0.198. The molecule has 0 saturated heterocycles. The molecule has 130 valence electrons. The Hall–Kier alpha value is -1.95. The number of furan rings is 1. The molecule has 0 aliphatic heterocycles. The monoisotopic (exact) mass is 394 g/mol. The zero-order valence-electron chi connectivity index (χ0n) is 13.2. The highest BCUT2D eigenvalue weighted by atomic mass is 35.5. The molecule has 3 aromatic rings. The molecule has 25 heavy (non-hydrogen) atoms. The summed E-state index contributed by atoms with van der Waals surface area (Å²) in [5, 5.41) is 5.76. The number of hydrogen-bond donors (Lipinski definition) is 1. The number of thiophene rings is 1. The Morgan fingerprint density at radius 1 is 1.20 bits per heavy atom. The molecule has 2 amide bonds. The van der Waals surface area contributed by atoms with Gasteiger partial charge in [-0.05, 0) is 42.1 Å². The molecular weight excluding hydrogens is 379 g/mol. The van der Waals surface area contributed by atoms with E-state index in [4.69, 9.17) is 27.6 Å². The molecule has 1 aromatic carbocycles. The van der Waals surface area contributed by atoms with Crippen LogP contribution in [-0.4, -0.2) is 17.5 Å². The summed E-state index contributed by atoms with van der Waals surface area (Å²) in [6.45, 7) is 1.06. The number of amides is 2. The molecule has 0 saturated carbocycles. The number of nitrogens with zero attached hydrogens (tertiary/aromatic N) is 1. The van der Waals surface area contributed by atoms with E-state index in [0.29, 0.717) is 28.8 Å². The number of urea groups is 1. The van der Waals surface area contributed by atoms with Crippen LogP contribution >= 0.6 is 34.5 Å². The lowest BCUT2D eigenvalue weighted by molar-refractivity contribution is 0.210. The smallest absolute Gasteiger partial charge is 0.322 e. The summed E-state index contributed by atoms with van der Waals surface area (Å²) in [5.74, 6) is 0. The maximum Gasteiger partial charge on any atom is 0.322 e. The van der Waals surface area contributed by atoms with Crippen LogP contribution in [0.3, 0.4) is 0 Å². The number of benzene rings is 1. The highest BCUT2D eigenvalue weighted by Gasteiger charge is 2.15.